The number of nitrogens with one attached hydrogen (secondary N) is 1. The van der Waals surface area contributed by atoms with Gasteiger partial charge in [-0.25, -0.2) is 0 Å². The average Bonchev–Trinajstić information content (AvgIpc) is 3.63. The largest absolute Gasteiger partial charge is 0.493 e. The molecule has 7 rings (SSSR count). The lowest BCUT2D eigenvalue weighted by atomic mass is 9.63. The zero-order valence-corrected chi connectivity index (χ0v) is 19.0. The number of amides is 3. The van der Waals surface area contributed by atoms with Crippen LogP contribution in [0.4, 0.5) is 5.69 Å². The predicted octanol–water partition coefficient (Wildman–Crippen LogP) is 3.87. The minimum absolute atomic E-state index is 0.146. The number of allylic oxidation sites excluding steroid dienone is 2. The van der Waals surface area contributed by atoms with Crippen LogP contribution in [0.3, 0.4) is 0 Å². The molecule has 7 nitrogen and oxygen atoms in total. The van der Waals surface area contributed by atoms with E-state index in [1.54, 1.807) is 38.3 Å². The van der Waals surface area contributed by atoms with Crippen molar-refractivity contribution < 1.29 is 23.9 Å². The number of carbonyl (C=O) groups is 3. The van der Waals surface area contributed by atoms with Crippen LogP contribution in [-0.2, 0) is 14.4 Å². The number of hydrogen-bond acceptors (Lipinski definition) is 5. The van der Waals surface area contributed by atoms with Gasteiger partial charge in [-0.15, -0.1) is 0 Å². The average molecular weight is 459 g/mol. The first-order valence-corrected chi connectivity index (χ1v) is 11.7. The van der Waals surface area contributed by atoms with E-state index in [-0.39, 0.29) is 41.4 Å². The number of para-hydroxylation sites is 2. The first kappa shape index (κ1) is 21.0. The first-order chi connectivity index (χ1) is 16.5. The highest BCUT2D eigenvalue weighted by atomic mass is 16.5. The van der Waals surface area contributed by atoms with Crippen LogP contribution in [0.1, 0.15) is 13.3 Å². The monoisotopic (exact) mass is 458 g/mol. The van der Waals surface area contributed by atoms with Crippen molar-refractivity contribution in [3.05, 3.63) is 60.7 Å². The van der Waals surface area contributed by atoms with E-state index in [1.807, 2.05) is 24.3 Å². The summed E-state index contributed by atoms with van der Waals surface area (Å²) < 4.78 is 11.2. The molecule has 2 saturated carbocycles. The Morgan fingerprint density at radius 3 is 2.12 bits per heavy atom. The van der Waals surface area contributed by atoms with Crippen molar-refractivity contribution in [2.45, 2.75) is 19.4 Å². The molecule has 2 aromatic carbocycles. The van der Waals surface area contributed by atoms with E-state index >= 15 is 0 Å². The highest BCUT2D eigenvalue weighted by Crippen LogP contribution is 2.65. The molecule has 0 radical (unpaired) electrons. The molecule has 0 unspecified atom stereocenters. The summed E-state index contributed by atoms with van der Waals surface area (Å²) in [6.45, 7) is 1.62. The highest BCUT2D eigenvalue weighted by molar-refractivity contribution is 6.10. The number of imide groups is 1. The maximum Gasteiger partial charge on any atom is 0.247 e. The van der Waals surface area contributed by atoms with Crippen molar-refractivity contribution in [3.8, 4) is 17.2 Å². The molecule has 1 saturated heterocycles. The Bertz CT molecular complexity index is 1170. The van der Waals surface area contributed by atoms with Crippen LogP contribution in [0, 0.1) is 35.5 Å². The van der Waals surface area contributed by atoms with Crippen LogP contribution in [0.25, 0.3) is 0 Å². The van der Waals surface area contributed by atoms with Gasteiger partial charge >= 0.3 is 0 Å². The molecule has 7 heteroatoms. The fourth-order valence-electron chi connectivity index (χ4n) is 6.16. The third-order valence-corrected chi connectivity index (χ3v) is 7.88. The Morgan fingerprint density at radius 2 is 1.53 bits per heavy atom. The van der Waals surface area contributed by atoms with Crippen molar-refractivity contribution in [1.29, 1.82) is 0 Å². The highest BCUT2D eigenvalue weighted by Gasteiger charge is 2.67. The summed E-state index contributed by atoms with van der Waals surface area (Å²) in [5.74, 6) is 1.79. The van der Waals surface area contributed by atoms with Crippen molar-refractivity contribution in [2.24, 2.45) is 35.5 Å². The molecule has 3 amide bonds. The molecule has 5 aliphatic rings. The van der Waals surface area contributed by atoms with Gasteiger partial charge < -0.3 is 14.8 Å². The fraction of sp³-hybridized carbons (Fsp3) is 0.370. The van der Waals surface area contributed by atoms with Gasteiger partial charge in [0.25, 0.3) is 0 Å². The summed E-state index contributed by atoms with van der Waals surface area (Å²) in [5, 5.41) is 2.83. The Balaban J connectivity index is 1.13. The van der Waals surface area contributed by atoms with Crippen LogP contribution in [0.15, 0.2) is 60.7 Å². The molecular weight excluding hydrogens is 432 g/mol. The van der Waals surface area contributed by atoms with E-state index < -0.39 is 6.04 Å². The van der Waals surface area contributed by atoms with Gasteiger partial charge in [0.15, 0.2) is 11.5 Å². The van der Waals surface area contributed by atoms with E-state index in [2.05, 4.69) is 17.5 Å². The summed E-state index contributed by atoms with van der Waals surface area (Å²) in [6, 6.07) is 13.4. The standard InChI is InChI=1S/C27H26N2O5/c1-14(29-26(31)23-17-11-12-18(20-13-19(17)20)24(23)27(29)32)25(30)28-15-7-9-16(10-8-15)34-22-6-4-3-5-21(22)33-2/h3-12,14,17-20,23-24H,13H2,1-2H3,(H,28,30)/t14-,17-,18-,19-,20+,23+,24+/m1/s1. The van der Waals surface area contributed by atoms with Crippen molar-refractivity contribution in [1.82, 2.24) is 4.90 Å². The molecule has 7 atom stereocenters. The number of benzene rings is 2. The molecule has 2 aromatic rings. The van der Waals surface area contributed by atoms with Crippen molar-refractivity contribution >= 4 is 23.4 Å². The maximum atomic E-state index is 13.2. The quantitative estimate of drug-likeness (QED) is 0.525. The van der Waals surface area contributed by atoms with E-state index in [9.17, 15) is 14.4 Å². The summed E-state index contributed by atoms with van der Waals surface area (Å²) >= 11 is 0. The van der Waals surface area contributed by atoms with Crippen molar-refractivity contribution in [3.63, 3.8) is 0 Å². The number of hydrogen-bond donors (Lipinski definition) is 1. The van der Waals surface area contributed by atoms with Gasteiger partial charge in [0.1, 0.15) is 11.8 Å². The zero-order valence-electron chi connectivity index (χ0n) is 19.0. The van der Waals surface area contributed by atoms with Crippen molar-refractivity contribution in [2.75, 3.05) is 12.4 Å². The van der Waals surface area contributed by atoms with Gasteiger partial charge in [-0.3, -0.25) is 19.3 Å². The Morgan fingerprint density at radius 1 is 0.941 bits per heavy atom. The Hall–Kier alpha value is -3.61. The molecule has 34 heavy (non-hydrogen) atoms. The molecule has 0 aromatic heterocycles. The molecule has 1 aliphatic heterocycles. The number of likely N-dealkylation sites (tertiary alicyclic amines) is 1. The summed E-state index contributed by atoms with van der Waals surface area (Å²) in [7, 11) is 1.58. The molecule has 2 bridgehead atoms. The minimum Gasteiger partial charge on any atom is -0.493 e. The number of methoxy groups -OCH3 is 1. The number of rotatable bonds is 6. The van der Waals surface area contributed by atoms with Gasteiger partial charge in [0.05, 0.1) is 18.9 Å². The number of nitrogens with zero attached hydrogens (tertiary/aromatic N) is 1. The topological polar surface area (TPSA) is 84.9 Å². The molecular formula is C27H26N2O5. The summed E-state index contributed by atoms with van der Waals surface area (Å²) in [6.07, 6.45) is 5.38. The van der Waals surface area contributed by atoms with Gasteiger partial charge in [-0.2, -0.15) is 0 Å². The second-order valence-corrected chi connectivity index (χ2v) is 9.64. The zero-order chi connectivity index (χ0) is 23.6. The molecule has 0 spiro atoms. The van der Waals surface area contributed by atoms with Crippen LogP contribution >= 0.6 is 0 Å². The molecule has 4 aliphatic carbocycles. The Labute approximate surface area is 197 Å². The lowest BCUT2D eigenvalue weighted by Crippen LogP contribution is -2.46. The number of carbonyl (C=O) groups excluding carboxylic acids is 3. The minimum atomic E-state index is -0.870. The SMILES string of the molecule is COc1ccccc1Oc1ccc(NC(=O)[C@@H](C)N2C(=O)[C@H]3[C@@H]4C=C[C@H]([C@@H]5C[C@H]45)[C@@H]3C2=O)cc1. The molecule has 1 heterocycles. The summed E-state index contributed by atoms with van der Waals surface area (Å²) in [5.41, 5.74) is 0.559. The Kier molecular flexibility index (Phi) is 4.76. The van der Waals surface area contributed by atoms with Gasteiger partial charge in [-0.05, 0) is 73.4 Å². The van der Waals surface area contributed by atoms with Gasteiger partial charge in [0, 0.05) is 5.69 Å². The predicted molar refractivity (Wildman–Crippen MR) is 124 cm³/mol. The first-order valence-electron chi connectivity index (χ1n) is 11.7. The maximum absolute atomic E-state index is 13.2. The normalized spacial score (nSPS) is 31.1. The number of ether oxygens (including phenoxy) is 2. The lowest BCUT2D eigenvalue weighted by Gasteiger charge is -2.37. The van der Waals surface area contributed by atoms with Crippen LogP contribution in [0.2, 0.25) is 0 Å². The molecule has 174 valence electrons. The third-order valence-electron chi connectivity index (χ3n) is 7.88. The van der Waals surface area contributed by atoms with Gasteiger partial charge in [0.2, 0.25) is 17.7 Å². The molecule has 1 N–H and O–H groups in total. The van der Waals surface area contributed by atoms with Gasteiger partial charge in [-0.1, -0.05) is 24.3 Å². The van der Waals surface area contributed by atoms with Crippen LogP contribution < -0.4 is 14.8 Å². The van der Waals surface area contributed by atoms with E-state index in [0.717, 1.165) is 6.42 Å². The number of anilines is 1. The molecule has 3 fully saturated rings. The third kappa shape index (κ3) is 3.14. The smallest absolute Gasteiger partial charge is 0.247 e. The van der Waals surface area contributed by atoms with Crippen LogP contribution in [-0.4, -0.2) is 35.8 Å². The second-order valence-electron chi connectivity index (χ2n) is 9.64. The van der Waals surface area contributed by atoms with E-state index in [1.165, 1.54) is 4.90 Å². The summed E-state index contributed by atoms with van der Waals surface area (Å²) in [4.78, 5) is 40.7. The van der Waals surface area contributed by atoms with E-state index in [4.69, 9.17) is 9.47 Å². The fourth-order valence-corrected chi connectivity index (χ4v) is 6.16. The second kappa shape index (κ2) is 7.72. The lowest BCUT2D eigenvalue weighted by molar-refractivity contribution is -0.146. The van der Waals surface area contributed by atoms with E-state index in [0.29, 0.717) is 34.8 Å². The van der Waals surface area contributed by atoms with Crippen LogP contribution in [0.5, 0.6) is 17.2 Å².